The minimum Gasteiger partial charge on any atom is -0.328 e. The zero-order valence-electron chi connectivity index (χ0n) is 10.00. The zero-order valence-corrected chi connectivity index (χ0v) is 10.00. The summed E-state index contributed by atoms with van der Waals surface area (Å²) in [6.45, 7) is 4.29. The maximum atomic E-state index is 5.72. The molecular formula is C14H23N. The van der Waals surface area contributed by atoms with Crippen molar-refractivity contribution in [1.82, 2.24) is 0 Å². The number of aryl methyl sites for hydroxylation is 2. The number of hydrogen-bond acceptors (Lipinski definition) is 1. The predicted octanol–water partition coefficient (Wildman–Crippen LogP) is 3.31. The fourth-order valence-corrected chi connectivity index (χ4v) is 1.79. The van der Waals surface area contributed by atoms with Crippen molar-refractivity contribution < 1.29 is 0 Å². The van der Waals surface area contributed by atoms with Crippen molar-refractivity contribution in [2.45, 2.75) is 52.0 Å². The van der Waals surface area contributed by atoms with Crippen molar-refractivity contribution in [2.24, 2.45) is 5.73 Å². The van der Waals surface area contributed by atoms with Crippen molar-refractivity contribution in [2.75, 3.05) is 0 Å². The molecule has 15 heavy (non-hydrogen) atoms. The molecule has 2 N–H and O–H groups in total. The van der Waals surface area contributed by atoms with E-state index in [1.165, 1.54) is 30.4 Å². The molecule has 1 aromatic carbocycles. The van der Waals surface area contributed by atoms with E-state index in [-0.39, 0.29) is 0 Å². The first-order valence-electron chi connectivity index (χ1n) is 6.05. The average molecular weight is 205 g/mol. The minimum atomic E-state index is 0.337. The second-order valence-electron chi connectivity index (χ2n) is 4.44. The summed E-state index contributed by atoms with van der Waals surface area (Å²) in [6, 6.07) is 9.36. The van der Waals surface area contributed by atoms with Gasteiger partial charge in [0.25, 0.3) is 0 Å². The highest BCUT2D eigenvalue weighted by Gasteiger charge is 1.97. The summed E-state index contributed by atoms with van der Waals surface area (Å²) in [6.07, 6.45) is 5.90. The Hall–Kier alpha value is -0.820. The van der Waals surface area contributed by atoms with Crippen LogP contribution in [0.25, 0.3) is 0 Å². The Balaban J connectivity index is 2.36. The van der Waals surface area contributed by atoms with E-state index in [0.717, 1.165) is 12.8 Å². The summed E-state index contributed by atoms with van der Waals surface area (Å²) in [7, 11) is 0. The second kappa shape index (κ2) is 6.62. The normalized spacial score (nSPS) is 12.7. The van der Waals surface area contributed by atoms with Gasteiger partial charge in [-0.1, -0.05) is 37.6 Å². The maximum absolute atomic E-state index is 5.72. The zero-order chi connectivity index (χ0) is 11.1. The van der Waals surface area contributed by atoms with E-state index in [4.69, 9.17) is 5.73 Å². The molecule has 84 valence electrons. The molecule has 0 aliphatic rings. The maximum Gasteiger partial charge on any atom is 0.00105 e. The largest absolute Gasteiger partial charge is 0.328 e. The number of rotatable bonds is 6. The fraction of sp³-hybridized carbons (Fsp3) is 0.571. The Bertz CT molecular complexity index is 261. The smallest absolute Gasteiger partial charge is 0.00105 e. The molecule has 1 nitrogen and oxygen atoms in total. The van der Waals surface area contributed by atoms with Crippen LogP contribution in [-0.4, -0.2) is 6.04 Å². The Labute approximate surface area is 93.7 Å². The molecule has 1 rings (SSSR count). The summed E-state index contributed by atoms with van der Waals surface area (Å²) in [5.74, 6) is 0. The minimum absolute atomic E-state index is 0.337. The molecule has 0 aromatic heterocycles. The first kappa shape index (κ1) is 12.3. The highest BCUT2D eigenvalue weighted by atomic mass is 14.6. The molecule has 0 spiro atoms. The predicted molar refractivity (Wildman–Crippen MR) is 67.0 cm³/mol. The van der Waals surface area contributed by atoms with Crippen LogP contribution in [0.15, 0.2) is 24.3 Å². The monoisotopic (exact) mass is 205 g/mol. The van der Waals surface area contributed by atoms with Crippen LogP contribution in [0.2, 0.25) is 0 Å². The summed E-state index contributed by atoms with van der Waals surface area (Å²) >= 11 is 0. The Kier molecular flexibility index (Phi) is 5.41. The third-order valence-corrected chi connectivity index (χ3v) is 2.69. The lowest BCUT2D eigenvalue weighted by atomic mass is 10.0. The molecule has 1 aromatic rings. The lowest BCUT2D eigenvalue weighted by Gasteiger charge is -2.05. The van der Waals surface area contributed by atoms with Gasteiger partial charge >= 0.3 is 0 Å². The van der Waals surface area contributed by atoms with E-state index < -0.39 is 0 Å². The van der Waals surface area contributed by atoms with Crippen LogP contribution >= 0.6 is 0 Å². The molecule has 0 radical (unpaired) electrons. The molecule has 0 bridgehead atoms. The summed E-state index contributed by atoms with van der Waals surface area (Å²) in [4.78, 5) is 0. The molecule has 0 saturated heterocycles. The molecule has 0 amide bonds. The van der Waals surface area contributed by atoms with Crippen molar-refractivity contribution in [3.05, 3.63) is 35.4 Å². The van der Waals surface area contributed by atoms with Gasteiger partial charge in [-0.3, -0.25) is 0 Å². The number of hydrogen-bond donors (Lipinski definition) is 1. The first-order chi connectivity index (χ1) is 7.22. The van der Waals surface area contributed by atoms with E-state index in [9.17, 15) is 0 Å². The number of benzene rings is 1. The molecule has 0 fully saturated rings. The van der Waals surface area contributed by atoms with Crippen molar-refractivity contribution >= 4 is 0 Å². The summed E-state index contributed by atoms with van der Waals surface area (Å²) in [5.41, 5.74) is 8.61. The van der Waals surface area contributed by atoms with Crippen LogP contribution in [0.5, 0.6) is 0 Å². The van der Waals surface area contributed by atoms with E-state index in [1.54, 1.807) is 0 Å². The van der Waals surface area contributed by atoms with Gasteiger partial charge in [0, 0.05) is 6.04 Å². The topological polar surface area (TPSA) is 26.0 Å². The quantitative estimate of drug-likeness (QED) is 0.757. The number of nitrogens with two attached hydrogens (primary N) is 1. The van der Waals surface area contributed by atoms with Crippen LogP contribution in [0.1, 0.15) is 44.2 Å². The summed E-state index contributed by atoms with van der Waals surface area (Å²) in [5, 5.41) is 0. The van der Waals surface area contributed by atoms with Crippen LogP contribution in [0.4, 0.5) is 0 Å². The molecule has 0 aliphatic heterocycles. The first-order valence-corrected chi connectivity index (χ1v) is 6.05. The molecule has 0 saturated carbocycles. The van der Waals surface area contributed by atoms with Crippen LogP contribution in [-0.2, 0) is 12.8 Å². The molecule has 1 unspecified atom stereocenters. The van der Waals surface area contributed by atoms with E-state index in [1.807, 2.05) is 0 Å². The van der Waals surface area contributed by atoms with Gasteiger partial charge in [-0.15, -0.1) is 0 Å². The highest BCUT2D eigenvalue weighted by molar-refractivity contribution is 5.22. The second-order valence-corrected chi connectivity index (χ2v) is 4.44. The Morgan fingerprint density at radius 3 is 2.07 bits per heavy atom. The van der Waals surface area contributed by atoms with Crippen molar-refractivity contribution in [3.63, 3.8) is 0 Å². The van der Waals surface area contributed by atoms with Crippen LogP contribution < -0.4 is 5.73 Å². The lowest BCUT2D eigenvalue weighted by molar-refractivity contribution is 0.624. The molecular weight excluding hydrogens is 182 g/mol. The van der Waals surface area contributed by atoms with Gasteiger partial charge < -0.3 is 5.73 Å². The Morgan fingerprint density at radius 1 is 1.07 bits per heavy atom. The van der Waals surface area contributed by atoms with Gasteiger partial charge in [0.05, 0.1) is 0 Å². The third kappa shape index (κ3) is 4.98. The summed E-state index contributed by atoms with van der Waals surface area (Å²) < 4.78 is 0. The lowest BCUT2D eigenvalue weighted by Crippen LogP contribution is -2.14. The van der Waals surface area contributed by atoms with Gasteiger partial charge in [-0.05, 0) is 43.7 Å². The van der Waals surface area contributed by atoms with Crippen molar-refractivity contribution in [1.29, 1.82) is 0 Å². The van der Waals surface area contributed by atoms with Gasteiger partial charge in [0.1, 0.15) is 0 Å². The third-order valence-electron chi connectivity index (χ3n) is 2.69. The Morgan fingerprint density at radius 2 is 1.60 bits per heavy atom. The SMILES string of the molecule is CCCc1ccc(CCCC(C)N)cc1. The van der Waals surface area contributed by atoms with Gasteiger partial charge in [0.15, 0.2) is 0 Å². The molecule has 1 heteroatoms. The highest BCUT2D eigenvalue weighted by Crippen LogP contribution is 2.09. The van der Waals surface area contributed by atoms with E-state index in [2.05, 4.69) is 38.1 Å². The fourth-order valence-electron chi connectivity index (χ4n) is 1.79. The molecule has 0 heterocycles. The van der Waals surface area contributed by atoms with Gasteiger partial charge in [-0.25, -0.2) is 0 Å². The molecule has 1 atom stereocenters. The van der Waals surface area contributed by atoms with Crippen LogP contribution in [0, 0.1) is 0 Å². The van der Waals surface area contributed by atoms with Gasteiger partial charge in [0.2, 0.25) is 0 Å². The van der Waals surface area contributed by atoms with Crippen LogP contribution in [0.3, 0.4) is 0 Å². The van der Waals surface area contributed by atoms with E-state index >= 15 is 0 Å². The molecule has 0 aliphatic carbocycles. The average Bonchev–Trinajstić information content (AvgIpc) is 2.20. The van der Waals surface area contributed by atoms with Gasteiger partial charge in [-0.2, -0.15) is 0 Å². The van der Waals surface area contributed by atoms with E-state index in [0.29, 0.717) is 6.04 Å². The van der Waals surface area contributed by atoms with Crippen molar-refractivity contribution in [3.8, 4) is 0 Å². The standard InChI is InChI=1S/C14H23N/c1-3-5-13-8-10-14(11-9-13)7-4-6-12(2)15/h8-12H,3-7,15H2,1-2H3.